The van der Waals surface area contributed by atoms with Crippen LogP contribution < -0.4 is 14.4 Å². The van der Waals surface area contributed by atoms with Gasteiger partial charge in [0.15, 0.2) is 0 Å². The fraction of sp³-hybridized carbons (Fsp3) is 0.419. The van der Waals surface area contributed by atoms with E-state index in [0.717, 1.165) is 62.5 Å². The average molecular weight is 556 g/mol. The summed E-state index contributed by atoms with van der Waals surface area (Å²) < 4.78 is 11.9. The van der Waals surface area contributed by atoms with Crippen molar-refractivity contribution < 1.29 is 14.6 Å². The van der Waals surface area contributed by atoms with Gasteiger partial charge in [0.25, 0.3) is 0 Å². The topological polar surface area (TPSA) is 45.2 Å². The van der Waals surface area contributed by atoms with Crippen LogP contribution in [0.2, 0.25) is 10.0 Å². The maximum Gasteiger partial charge on any atom is 0.126 e. The maximum absolute atomic E-state index is 10.9. The molecule has 0 saturated carbocycles. The van der Waals surface area contributed by atoms with E-state index >= 15 is 0 Å². The number of para-hydroxylation sites is 1. The third kappa shape index (κ3) is 6.07. The van der Waals surface area contributed by atoms with Gasteiger partial charge in [-0.15, -0.1) is 0 Å². The summed E-state index contributed by atoms with van der Waals surface area (Å²) in [7, 11) is 3.78. The van der Waals surface area contributed by atoms with Crippen molar-refractivity contribution in [1.29, 1.82) is 0 Å². The minimum absolute atomic E-state index is 0.306. The number of nitrogens with zero attached hydrogens (tertiary/aromatic N) is 2. The molecule has 3 aromatic carbocycles. The standard InChI is InChI=1S/C31H36Cl2N2O3/c1-34(24-6-4-3-5-7-24)21-23(22-8-10-27(32)28(33)18-22)12-15-35-16-13-31(14-17-35)20-29(36)26-19-25(37-2)9-11-30(26)38-31/h3-11,18-19,23,29,36H,12-17,20-21H2,1-2H3/t23-,29?/m1/s1. The molecular formula is C31H36Cl2N2O3. The smallest absolute Gasteiger partial charge is 0.126 e. The Labute approximate surface area is 235 Å². The summed E-state index contributed by atoms with van der Waals surface area (Å²) in [5.74, 6) is 1.83. The third-order valence-electron chi connectivity index (χ3n) is 8.14. The molecule has 2 aliphatic heterocycles. The van der Waals surface area contributed by atoms with Crippen molar-refractivity contribution >= 4 is 28.9 Å². The molecule has 2 atom stereocenters. The lowest BCUT2D eigenvalue weighted by Crippen LogP contribution is -2.50. The molecule has 0 amide bonds. The van der Waals surface area contributed by atoms with E-state index in [2.05, 4.69) is 47.2 Å². The normalized spacial score (nSPS) is 19.4. The van der Waals surface area contributed by atoms with E-state index in [1.165, 1.54) is 11.3 Å². The van der Waals surface area contributed by atoms with E-state index in [1.54, 1.807) is 7.11 Å². The molecule has 0 bridgehead atoms. The molecule has 1 N–H and O–H groups in total. The molecule has 1 unspecified atom stereocenters. The lowest BCUT2D eigenvalue weighted by molar-refractivity contribution is -0.0541. The summed E-state index contributed by atoms with van der Waals surface area (Å²) in [6.07, 6.45) is 2.89. The van der Waals surface area contributed by atoms with Crippen LogP contribution >= 0.6 is 23.2 Å². The van der Waals surface area contributed by atoms with Crippen LogP contribution in [-0.4, -0.2) is 55.9 Å². The van der Waals surface area contributed by atoms with Gasteiger partial charge in [0.05, 0.1) is 23.3 Å². The van der Waals surface area contributed by atoms with Crippen molar-refractivity contribution in [3.8, 4) is 11.5 Å². The highest BCUT2D eigenvalue weighted by Gasteiger charge is 2.43. The Morgan fingerprint density at radius 3 is 2.53 bits per heavy atom. The van der Waals surface area contributed by atoms with Crippen LogP contribution in [0.3, 0.4) is 0 Å². The zero-order valence-corrected chi connectivity index (χ0v) is 23.6. The molecule has 0 aliphatic carbocycles. The van der Waals surface area contributed by atoms with Gasteiger partial charge in [-0.2, -0.15) is 0 Å². The number of aliphatic hydroxyl groups excluding tert-OH is 1. The second-order valence-electron chi connectivity index (χ2n) is 10.6. The van der Waals surface area contributed by atoms with Gasteiger partial charge in [0.2, 0.25) is 0 Å². The number of anilines is 1. The Kier molecular flexibility index (Phi) is 8.39. The Morgan fingerprint density at radius 1 is 1.05 bits per heavy atom. The van der Waals surface area contributed by atoms with Gasteiger partial charge in [-0.05, 0) is 73.8 Å². The number of halogens is 2. The molecule has 2 aliphatic rings. The van der Waals surface area contributed by atoms with E-state index in [4.69, 9.17) is 32.7 Å². The Hall–Kier alpha value is -2.44. The fourth-order valence-electron chi connectivity index (χ4n) is 5.82. The van der Waals surface area contributed by atoms with Crippen LogP contribution in [0.5, 0.6) is 11.5 Å². The number of methoxy groups -OCH3 is 1. The summed E-state index contributed by atoms with van der Waals surface area (Å²) in [5, 5.41) is 12.1. The molecule has 0 radical (unpaired) electrons. The van der Waals surface area contributed by atoms with Crippen molar-refractivity contribution in [2.24, 2.45) is 0 Å². The molecule has 3 aromatic rings. The van der Waals surface area contributed by atoms with Gasteiger partial charge >= 0.3 is 0 Å². The van der Waals surface area contributed by atoms with Crippen LogP contribution in [0.15, 0.2) is 66.7 Å². The largest absolute Gasteiger partial charge is 0.497 e. The number of fused-ring (bicyclic) bond motifs is 1. The molecule has 38 heavy (non-hydrogen) atoms. The minimum atomic E-state index is -0.534. The van der Waals surface area contributed by atoms with Crippen molar-refractivity contribution in [2.45, 2.75) is 43.3 Å². The van der Waals surface area contributed by atoms with Crippen molar-refractivity contribution in [1.82, 2.24) is 4.90 Å². The van der Waals surface area contributed by atoms with Crippen molar-refractivity contribution in [2.75, 3.05) is 45.2 Å². The average Bonchev–Trinajstić information content (AvgIpc) is 2.94. The number of rotatable bonds is 8. The van der Waals surface area contributed by atoms with Crippen LogP contribution in [0.25, 0.3) is 0 Å². The van der Waals surface area contributed by atoms with Crippen molar-refractivity contribution in [3.05, 3.63) is 87.9 Å². The summed E-state index contributed by atoms with van der Waals surface area (Å²) >= 11 is 12.6. The minimum Gasteiger partial charge on any atom is -0.497 e. The number of benzene rings is 3. The first-order valence-corrected chi connectivity index (χ1v) is 14.1. The molecule has 5 nitrogen and oxygen atoms in total. The Morgan fingerprint density at radius 2 is 1.82 bits per heavy atom. The number of aliphatic hydroxyl groups is 1. The first-order chi connectivity index (χ1) is 18.4. The zero-order chi connectivity index (χ0) is 26.7. The molecule has 7 heteroatoms. The summed E-state index contributed by atoms with van der Waals surface area (Å²) in [5.41, 5.74) is 2.92. The quantitative estimate of drug-likeness (QED) is 0.326. The van der Waals surface area contributed by atoms with E-state index < -0.39 is 6.10 Å². The summed E-state index contributed by atoms with van der Waals surface area (Å²) in [6.45, 7) is 3.76. The second kappa shape index (κ2) is 11.7. The molecule has 1 saturated heterocycles. The lowest BCUT2D eigenvalue weighted by Gasteiger charge is -2.46. The van der Waals surface area contributed by atoms with E-state index in [1.807, 2.05) is 36.4 Å². The van der Waals surface area contributed by atoms with Crippen LogP contribution in [0.4, 0.5) is 5.69 Å². The van der Waals surface area contributed by atoms with Gasteiger partial charge in [-0.3, -0.25) is 0 Å². The molecule has 1 spiro atoms. The third-order valence-corrected chi connectivity index (χ3v) is 8.87. The number of hydrogen-bond acceptors (Lipinski definition) is 5. The van der Waals surface area contributed by atoms with Crippen LogP contribution in [-0.2, 0) is 0 Å². The van der Waals surface area contributed by atoms with Gasteiger partial charge in [0.1, 0.15) is 17.1 Å². The molecule has 1 fully saturated rings. The predicted octanol–water partition coefficient (Wildman–Crippen LogP) is 6.96. The predicted molar refractivity (Wildman–Crippen MR) is 155 cm³/mol. The van der Waals surface area contributed by atoms with Gasteiger partial charge < -0.3 is 24.4 Å². The number of hydrogen-bond donors (Lipinski definition) is 1. The number of piperidine rings is 1. The molecule has 202 valence electrons. The zero-order valence-electron chi connectivity index (χ0n) is 22.1. The van der Waals surface area contributed by atoms with Gasteiger partial charge in [-0.25, -0.2) is 0 Å². The molecule has 0 aromatic heterocycles. The Balaban J connectivity index is 1.23. The van der Waals surface area contributed by atoms with Gasteiger partial charge in [0, 0.05) is 50.3 Å². The molecule has 5 rings (SSSR count). The fourth-order valence-corrected chi connectivity index (χ4v) is 6.13. The van der Waals surface area contributed by atoms with Gasteiger partial charge in [-0.1, -0.05) is 47.5 Å². The maximum atomic E-state index is 10.9. The first kappa shape index (κ1) is 27.1. The van der Waals surface area contributed by atoms with E-state index in [9.17, 15) is 5.11 Å². The monoisotopic (exact) mass is 554 g/mol. The van der Waals surface area contributed by atoms with Crippen molar-refractivity contribution in [3.63, 3.8) is 0 Å². The highest BCUT2D eigenvalue weighted by molar-refractivity contribution is 6.42. The van der Waals surface area contributed by atoms with E-state index in [0.29, 0.717) is 22.4 Å². The van der Waals surface area contributed by atoms with Crippen LogP contribution in [0.1, 0.15) is 48.8 Å². The highest BCUT2D eigenvalue weighted by atomic mass is 35.5. The Bertz CT molecular complexity index is 1230. The highest BCUT2D eigenvalue weighted by Crippen LogP contribution is 2.45. The first-order valence-electron chi connectivity index (χ1n) is 13.3. The summed E-state index contributed by atoms with van der Waals surface area (Å²) in [6, 6.07) is 22.2. The lowest BCUT2D eigenvalue weighted by atomic mass is 9.81. The molecular weight excluding hydrogens is 519 g/mol. The van der Waals surface area contributed by atoms with E-state index in [-0.39, 0.29) is 5.60 Å². The number of likely N-dealkylation sites (tertiary alicyclic amines) is 1. The second-order valence-corrected chi connectivity index (χ2v) is 11.4. The SMILES string of the molecule is COc1ccc2c(c1)C(O)CC1(CCN(CC[C@H](CN(C)c3ccccc3)c3ccc(Cl)c(Cl)c3)CC1)O2. The summed E-state index contributed by atoms with van der Waals surface area (Å²) in [4.78, 5) is 4.83. The number of ether oxygens (including phenoxy) is 2. The number of likely N-dealkylation sites (N-methyl/N-ethyl adjacent to an activating group) is 1. The van der Waals surface area contributed by atoms with Crippen LogP contribution in [0, 0.1) is 0 Å². The molecule has 2 heterocycles.